The van der Waals surface area contributed by atoms with Crippen LogP contribution < -0.4 is 5.32 Å². The average molecular weight is 361 g/mol. The van der Waals surface area contributed by atoms with Crippen molar-refractivity contribution in [3.8, 4) is 5.69 Å². The maximum absolute atomic E-state index is 12.4. The summed E-state index contributed by atoms with van der Waals surface area (Å²) in [5.74, 6) is -1.57. The van der Waals surface area contributed by atoms with Crippen molar-refractivity contribution < 1.29 is 19.6 Å². The Morgan fingerprint density at radius 3 is 2.54 bits per heavy atom. The van der Waals surface area contributed by atoms with Crippen molar-refractivity contribution in [1.29, 1.82) is 0 Å². The first kappa shape index (κ1) is 19.0. The van der Waals surface area contributed by atoms with Crippen LogP contribution in [0.2, 0.25) is 0 Å². The molecule has 0 saturated heterocycles. The molecule has 26 heavy (non-hydrogen) atoms. The highest BCUT2D eigenvalue weighted by molar-refractivity contribution is 5.95. The van der Waals surface area contributed by atoms with E-state index < -0.39 is 22.2 Å². The van der Waals surface area contributed by atoms with Gasteiger partial charge in [0.05, 0.1) is 10.3 Å². The Balaban J connectivity index is 2.26. The molecule has 1 aromatic carbocycles. The number of carboxylic acid groups (broad SMARTS) is 1. The number of nitrogens with one attached hydrogen (secondary N) is 1. The van der Waals surface area contributed by atoms with Gasteiger partial charge in [0.2, 0.25) is 0 Å². The zero-order chi connectivity index (χ0) is 19.3. The second-order valence-electron chi connectivity index (χ2n) is 5.78. The molecule has 138 valence electrons. The van der Waals surface area contributed by atoms with E-state index in [1.165, 1.54) is 29.5 Å². The first-order chi connectivity index (χ1) is 12.3. The zero-order valence-corrected chi connectivity index (χ0v) is 14.4. The van der Waals surface area contributed by atoms with E-state index in [9.17, 15) is 24.8 Å². The van der Waals surface area contributed by atoms with Crippen molar-refractivity contribution in [3.05, 3.63) is 46.5 Å². The van der Waals surface area contributed by atoms with Gasteiger partial charge in [-0.15, -0.1) is 0 Å². The summed E-state index contributed by atoms with van der Waals surface area (Å²) in [4.78, 5) is 38.3. The minimum Gasteiger partial charge on any atom is -0.481 e. The molecular weight excluding hydrogens is 342 g/mol. The molecule has 10 nitrogen and oxygen atoms in total. The third-order valence-electron chi connectivity index (χ3n) is 4.49. The summed E-state index contributed by atoms with van der Waals surface area (Å²) in [6.07, 6.45) is 3.26. The number of nitro groups is 1. The molecule has 2 aromatic rings. The van der Waals surface area contributed by atoms with Gasteiger partial charge in [0, 0.05) is 18.2 Å². The van der Waals surface area contributed by atoms with Gasteiger partial charge in [-0.2, -0.15) is 5.10 Å². The van der Waals surface area contributed by atoms with Gasteiger partial charge in [-0.3, -0.25) is 19.7 Å². The molecule has 0 aliphatic heterocycles. The predicted molar refractivity (Wildman–Crippen MR) is 91.0 cm³/mol. The number of carboxylic acids is 1. The molecule has 0 aliphatic rings. The van der Waals surface area contributed by atoms with E-state index in [2.05, 4.69) is 15.4 Å². The number of carbonyl (C=O) groups excluding carboxylic acids is 1. The molecule has 0 atom stereocenters. The quantitative estimate of drug-likeness (QED) is 0.539. The summed E-state index contributed by atoms with van der Waals surface area (Å²) in [6.45, 7) is 3.41. The molecule has 0 spiro atoms. The second-order valence-corrected chi connectivity index (χ2v) is 5.78. The van der Waals surface area contributed by atoms with Crippen molar-refractivity contribution in [2.45, 2.75) is 26.7 Å². The first-order valence-corrected chi connectivity index (χ1v) is 7.99. The highest BCUT2D eigenvalue weighted by Gasteiger charge is 2.35. The Bertz CT molecular complexity index is 814. The molecule has 1 aromatic heterocycles. The van der Waals surface area contributed by atoms with Crippen LogP contribution in [-0.4, -0.2) is 43.2 Å². The summed E-state index contributed by atoms with van der Waals surface area (Å²) in [6, 6.07) is 3.94. The van der Waals surface area contributed by atoms with Crippen LogP contribution in [0, 0.1) is 15.5 Å². The largest absolute Gasteiger partial charge is 0.481 e. The Kier molecular flexibility index (Phi) is 5.65. The number of nitro benzene ring substituents is 1. The van der Waals surface area contributed by atoms with Gasteiger partial charge in [0.25, 0.3) is 11.6 Å². The smallest absolute Gasteiger partial charge is 0.311 e. The third kappa shape index (κ3) is 3.68. The Labute approximate surface area is 149 Å². The van der Waals surface area contributed by atoms with Gasteiger partial charge in [0.15, 0.2) is 0 Å². The van der Waals surface area contributed by atoms with Crippen LogP contribution >= 0.6 is 0 Å². The second kappa shape index (κ2) is 7.72. The van der Waals surface area contributed by atoms with Crippen LogP contribution in [0.3, 0.4) is 0 Å². The summed E-state index contributed by atoms with van der Waals surface area (Å²) in [5, 5.41) is 27.2. The van der Waals surface area contributed by atoms with Gasteiger partial charge in [0.1, 0.15) is 18.3 Å². The number of amides is 1. The molecule has 1 heterocycles. The molecule has 0 aliphatic carbocycles. The van der Waals surface area contributed by atoms with E-state index in [-0.39, 0.29) is 23.5 Å². The van der Waals surface area contributed by atoms with Crippen LogP contribution in [0.4, 0.5) is 5.69 Å². The monoisotopic (exact) mass is 361 g/mol. The Morgan fingerprint density at radius 2 is 2.04 bits per heavy atom. The maximum atomic E-state index is 12.4. The van der Waals surface area contributed by atoms with Crippen molar-refractivity contribution in [3.63, 3.8) is 0 Å². The Morgan fingerprint density at radius 1 is 1.35 bits per heavy atom. The van der Waals surface area contributed by atoms with Crippen LogP contribution in [0.5, 0.6) is 0 Å². The summed E-state index contributed by atoms with van der Waals surface area (Å²) >= 11 is 0. The van der Waals surface area contributed by atoms with Gasteiger partial charge < -0.3 is 10.4 Å². The van der Waals surface area contributed by atoms with E-state index in [1.807, 2.05) is 0 Å². The molecule has 0 unspecified atom stereocenters. The predicted octanol–water partition coefficient (Wildman–Crippen LogP) is 1.80. The minimum absolute atomic E-state index is 0.0621. The fourth-order valence-corrected chi connectivity index (χ4v) is 2.57. The van der Waals surface area contributed by atoms with Crippen LogP contribution in [-0.2, 0) is 4.79 Å². The number of hydrogen-bond donors (Lipinski definition) is 2. The van der Waals surface area contributed by atoms with E-state index in [1.54, 1.807) is 13.8 Å². The van der Waals surface area contributed by atoms with E-state index in [0.29, 0.717) is 12.8 Å². The standard InChI is InChI=1S/C16H19N5O5/c1-3-16(4-2,15(23)24)8-18-14(22)11-5-6-12(13(7-11)21(25)26)20-10-17-9-19-20/h5-7,9-10H,3-4,8H2,1-2H3,(H,18,22)(H,23,24). The normalized spacial score (nSPS) is 11.2. The van der Waals surface area contributed by atoms with Crippen molar-refractivity contribution in [2.75, 3.05) is 6.54 Å². The maximum Gasteiger partial charge on any atom is 0.311 e. The Hall–Kier alpha value is -3.30. The molecule has 0 saturated carbocycles. The topological polar surface area (TPSA) is 140 Å². The molecule has 0 bridgehead atoms. The summed E-state index contributed by atoms with van der Waals surface area (Å²) in [7, 11) is 0. The number of aromatic nitrogens is 3. The fraction of sp³-hybridized carbons (Fsp3) is 0.375. The van der Waals surface area contributed by atoms with Crippen LogP contribution in [0.1, 0.15) is 37.0 Å². The average Bonchev–Trinajstić information content (AvgIpc) is 3.16. The van der Waals surface area contributed by atoms with E-state index in [0.717, 1.165) is 6.07 Å². The number of rotatable bonds is 8. The van der Waals surface area contributed by atoms with Gasteiger partial charge in [-0.1, -0.05) is 13.8 Å². The number of aliphatic carboxylic acids is 1. The number of carbonyl (C=O) groups is 2. The van der Waals surface area contributed by atoms with Gasteiger partial charge in [-0.25, -0.2) is 9.67 Å². The van der Waals surface area contributed by atoms with Crippen molar-refractivity contribution in [1.82, 2.24) is 20.1 Å². The van der Waals surface area contributed by atoms with Gasteiger partial charge in [-0.05, 0) is 25.0 Å². The number of nitrogens with zero attached hydrogens (tertiary/aromatic N) is 4. The zero-order valence-electron chi connectivity index (χ0n) is 14.4. The lowest BCUT2D eigenvalue weighted by Crippen LogP contribution is -2.42. The number of hydrogen-bond acceptors (Lipinski definition) is 6. The highest BCUT2D eigenvalue weighted by Crippen LogP contribution is 2.27. The lowest BCUT2D eigenvalue weighted by Gasteiger charge is -2.26. The van der Waals surface area contributed by atoms with Crippen molar-refractivity contribution >= 4 is 17.6 Å². The van der Waals surface area contributed by atoms with E-state index in [4.69, 9.17) is 0 Å². The fourth-order valence-electron chi connectivity index (χ4n) is 2.57. The molecule has 10 heteroatoms. The molecule has 0 fully saturated rings. The summed E-state index contributed by atoms with van der Waals surface area (Å²) < 4.78 is 1.23. The van der Waals surface area contributed by atoms with Crippen molar-refractivity contribution in [2.24, 2.45) is 5.41 Å². The lowest BCUT2D eigenvalue weighted by molar-refractivity contribution is -0.384. The summed E-state index contributed by atoms with van der Waals surface area (Å²) in [5.41, 5.74) is -1.14. The molecule has 2 N–H and O–H groups in total. The highest BCUT2D eigenvalue weighted by atomic mass is 16.6. The first-order valence-electron chi connectivity index (χ1n) is 7.99. The third-order valence-corrected chi connectivity index (χ3v) is 4.49. The SMILES string of the molecule is CCC(CC)(CNC(=O)c1ccc(-n2cncn2)c([N+](=O)[O-])c1)C(=O)O. The minimum atomic E-state index is -1.07. The lowest BCUT2D eigenvalue weighted by atomic mass is 9.82. The molecule has 2 rings (SSSR count). The van der Waals surface area contributed by atoms with Crippen LogP contribution in [0.25, 0.3) is 5.69 Å². The molecule has 1 amide bonds. The van der Waals surface area contributed by atoms with Gasteiger partial charge >= 0.3 is 5.97 Å². The van der Waals surface area contributed by atoms with Crippen LogP contribution in [0.15, 0.2) is 30.9 Å². The number of benzene rings is 1. The molecule has 0 radical (unpaired) electrons. The molecular formula is C16H19N5O5. The van der Waals surface area contributed by atoms with E-state index >= 15 is 0 Å².